The molecule has 22 heavy (non-hydrogen) atoms. The van der Waals surface area contributed by atoms with Gasteiger partial charge in [-0.05, 0) is 49.2 Å². The number of aliphatic imine (C=N–C) groups is 1. The maximum atomic E-state index is 13.5. The summed E-state index contributed by atoms with van der Waals surface area (Å²) in [6, 6.07) is 7.64. The fourth-order valence-corrected chi connectivity index (χ4v) is 2.85. The molecule has 0 fully saturated rings. The third-order valence-corrected chi connectivity index (χ3v) is 4.14. The third-order valence-electron chi connectivity index (χ3n) is 3.14. The summed E-state index contributed by atoms with van der Waals surface area (Å²) in [4.78, 5) is 6.60. The van der Waals surface area contributed by atoms with Gasteiger partial charge in [0.1, 0.15) is 11.6 Å². The Morgan fingerprint density at radius 3 is 2.68 bits per heavy atom. The monoisotopic (exact) mass is 323 g/mol. The molecule has 2 rings (SSSR count). The van der Waals surface area contributed by atoms with Crippen molar-refractivity contribution in [3.63, 3.8) is 0 Å². The van der Waals surface area contributed by atoms with Crippen LogP contribution in [0.3, 0.4) is 0 Å². The number of nitrogens with zero attached hydrogens (tertiary/aromatic N) is 1. The second kappa shape index (κ2) is 7.89. The van der Waals surface area contributed by atoms with Gasteiger partial charge < -0.3 is 10.6 Å². The molecule has 0 atom stereocenters. The quantitative estimate of drug-likeness (QED) is 0.655. The van der Waals surface area contributed by atoms with Crippen molar-refractivity contribution >= 4 is 17.3 Å². The van der Waals surface area contributed by atoms with Gasteiger partial charge in [-0.2, -0.15) is 0 Å². The topological polar surface area (TPSA) is 36.4 Å². The summed E-state index contributed by atoms with van der Waals surface area (Å²) in [6.45, 7) is 3.23. The van der Waals surface area contributed by atoms with Crippen LogP contribution >= 0.6 is 11.3 Å². The molecule has 2 aromatic rings. The number of guanidine groups is 1. The SMILES string of the molecule is CN=C(NCCc1cc(F)ccc1F)NCc1ccc(C)s1. The predicted octanol–water partition coefficient (Wildman–Crippen LogP) is 3.24. The number of hydrogen-bond acceptors (Lipinski definition) is 2. The highest BCUT2D eigenvalue weighted by atomic mass is 32.1. The van der Waals surface area contributed by atoms with Crippen molar-refractivity contribution in [2.24, 2.45) is 4.99 Å². The smallest absolute Gasteiger partial charge is 0.191 e. The van der Waals surface area contributed by atoms with Crippen molar-refractivity contribution in [1.29, 1.82) is 0 Å². The van der Waals surface area contributed by atoms with Crippen LogP contribution in [0, 0.1) is 18.6 Å². The fourth-order valence-electron chi connectivity index (χ4n) is 2.02. The van der Waals surface area contributed by atoms with Gasteiger partial charge in [-0.3, -0.25) is 4.99 Å². The van der Waals surface area contributed by atoms with Gasteiger partial charge in [0, 0.05) is 23.3 Å². The molecule has 0 unspecified atom stereocenters. The van der Waals surface area contributed by atoms with Crippen LogP contribution in [0.15, 0.2) is 35.3 Å². The molecule has 118 valence electrons. The van der Waals surface area contributed by atoms with Crippen LogP contribution in [0.25, 0.3) is 0 Å². The summed E-state index contributed by atoms with van der Waals surface area (Å²) in [5.74, 6) is -0.171. The Hall–Kier alpha value is -1.95. The molecule has 1 aromatic carbocycles. The lowest BCUT2D eigenvalue weighted by Crippen LogP contribution is -2.37. The van der Waals surface area contributed by atoms with Crippen molar-refractivity contribution in [3.05, 3.63) is 57.3 Å². The Morgan fingerprint density at radius 2 is 2.00 bits per heavy atom. The van der Waals surface area contributed by atoms with Gasteiger partial charge in [-0.25, -0.2) is 8.78 Å². The van der Waals surface area contributed by atoms with Crippen LogP contribution in [-0.2, 0) is 13.0 Å². The number of nitrogens with one attached hydrogen (secondary N) is 2. The first kappa shape index (κ1) is 16.4. The summed E-state index contributed by atoms with van der Waals surface area (Å²) in [5.41, 5.74) is 0.358. The second-order valence-electron chi connectivity index (χ2n) is 4.85. The summed E-state index contributed by atoms with van der Waals surface area (Å²) in [5, 5.41) is 6.29. The molecule has 0 aliphatic carbocycles. The normalized spacial score (nSPS) is 11.5. The van der Waals surface area contributed by atoms with Crippen molar-refractivity contribution in [3.8, 4) is 0 Å². The minimum atomic E-state index is -0.424. The minimum absolute atomic E-state index is 0.358. The molecular weight excluding hydrogens is 304 g/mol. The maximum Gasteiger partial charge on any atom is 0.191 e. The molecule has 2 N–H and O–H groups in total. The number of thiophene rings is 1. The van der Waals surface area contributed by atoms with E-state index < -0.39 is 5.82 Å². The summed E-state index contributed by atoms with van der Waals surface area (Å²) in [7, 11) is 1.68. The molecule has 0 amide bonds. The molecule has 0 spiro atoms. The molecule has 6 heteroatoms. The van der Waals surface area contributed by atoms with E-state index in [1.54, 1.807) is 18.4 Å². The van der Waals surface area contributed by atoms with Gasteiger partial charge in [0.2, 0.25) is 0 Å². The lowest BCUT2D eigenvalue weighted by molar-refractivity contribution is 0.583. The Balaban J connectivity index is 1.80. The number of aryl methyl sites for hydroxylation is 1. The molecule has 0 saturated carbocycles. The zero-order valence-electron chi connectivity index (χ0n) is 12.6. The highest BCUT2D eigenvalue weighted by molar-refractivity contribution is 7.11. The summed E-state index contributed by atoms with van der Waals surface area (Å²) < 4.78 is 26.6. The van der Waals surface area contributed by atoms with Crippen LogP contribution in [0.2, 0.25) is 0 Å². The lowest BCUT2D eigenvalue weighted by Gasteiger charge is -2.11. The van der Waals surface area contributed by atoms with Gasteiger partial charge in [0.25, 0.3) is 0 Å². The molecule has 0 bridgehead atoms. The molecule has 0 saturated heterocycles. The Morgan fingerprint density at radius 1 is 1.18 bits per heavy atom. The van der Waals surface area contributed by atoms with Gasteiger partial charge in [0.15, 0.2) is 5.96 Å². The Kier molecular flexibility index (Phi) is 5.89. The maximum absolute atomic E-state index is 13.5. The van der Waals surface area contributed by atoms with E-state index in [4.69, 9.17) is 0 Å². The first-order valence-corrected chi connectivity index (χ1v) is 7.84. The number of halogens is 2. The first-order valence-electron chi connectivity index (χ1n) is 7.02. The van der Waals surface area contributed by atoms with Gasteiger partial charge in [-0.15, -0.1) is 11.3 Å². The van der Waals surface area contributed by atoms with Crippen LogP contribution in [0.5, 0.6) is 0 Å². The summed E-state index contributed by atoms with van der Waals surface area (Å²) in [6.07, 6.45) is 0.391. The average Bonchev–Trinajstić information content (AvgIpc) is 2.91. The van der Waals surface area contributed by atoms with Gasteiger partial charge in [0.05, 0.1) is 6.54 Å². The Bertz CT molecular complexity index is 653. The highest BCUT2D eigenvalue weighted by Crippen LogP contribution is 2.14. The first-order chi connectivity index (χ1) is 10.6. The van der Waals surface area contributed by atoms with Crippen LogP contribution < -0.4 is 10.6 Å². The Labute approximate surface area is 133 Å². The molecule has 3 nitrogen and oxygen atoms in total. The van der Waals surface area contributed by atoms with Gasteiger partial charge >= 0.3 is 0 Å². The van der Waals surface area contributed by atoms with Crippen molar-refractivity contribution in [1.82, 2.24) is 10.6 Å². The molecule has 0 radical (unpaired) electrons. The van der Waals surface area contributed by atoms with E-state index in [0.717, 1.165) is 12.1 Å². The average molecular weight is 323 g/mol. The van der Waals surface area contributed by atoms with E-state index in [1.807, 2.05) is 0 Å². The lowest BCUT2D eigenvalue weighted by atomic mass is 10.1. The zero-order valence-corrected chi connectivity index (χ0v) is 13.4. The van der Waals surface area contributed by atoms with Crippen LogP contribution in [0.1, 0.15) is 15.3 Å². The molecular formula is C16H19F2N3S. The minimum Gasteiger partial charge on any atom is -0.356 e. The van der Waals surface area contributed by atoms with Gasteiger partial charge in [-0.1, -0.05) is 0 Å². The van der Waals surface area contributed by atoms with E-state index in [-0.39, 0.29) is 5.82 Å². The second-order valence-corrected chi connectivity index (χ2v) is 6.22. The van der Waals surface area contributed by atoms with Crippen molar-refractivity contribution in [2.45, 2.75) is 19.9 Å². The van der Waals surface area contributed by atoms with E-state index in [1.165, 1.54) is 15.8 Å². The van der Waals surface area contributed by atoms with Crippen LogP contribution in [-0.4, -0.2) is 19.6 Å². The predicted molar refractivity (Wildman–Crippen MR) is 87.3 cm³/mol. The van der Waals surface area contributed by atoms with E-state index in [2.05, 4.69) is 34.7 Å². The summed E-state index contributed by atoms with van der Waals surface area (Å²) >= 11 is 1.73. The van der Waals surface area contributed by atoms with Crippen LogP contribution in [0.4, 0.5) is 8.78 Å². The zero-order chi connectivity index (χ0) is 15.9. The molecule has 1 aromatic heterocycles. The standard InChI is InChI=1S/C16H19F2N3S/c1-11-3-5-14(22-11)10-21-16(19-2)20-8-7-12-9-13(17)4-6-15(12)18/h3-6,9H,7-8,10H2,1-2H3,(H2,19,20,21). The molecule has 0 aliphatic heterocycles. The number of hydrogen-bond donors (Lipinski definition) is 2. The highest BCUT2D eigenvalue weighted by Gasteiger charge is 2.05. The van der Waals surface area contributed by atoms with E-state index in [0.29, 0.717) is 31.0 Å². The third kappa shape index (κ3) is 4.80. The molecule has 0 aliphatic rings. The number of benzene rings is 1. The fraction of sp³-hybridized carbons (Fsp3) is 0.312. The largest absolute Gasteiger partial charge is 0.356 e. The number of rotatable bonds is 5. The molecule has 1 heterocycles. The van der Waals surface area contributed by atoms with E-state index in [9.17, 15) is 8.78 Å². The van der Waals surface area contributed by atoms with Crippen molar-refractivity contribution in [2.75, 3.05) is 13.6 Å². The van der Waals surface area contributed by atoms with Crippen molar-refractivity contribution < 1.29 is 8.78 Å². The van der Waals surface area contributed by atoms with E-state index >= 15 is 0 Å².